The van der Waals surface area contributed by atoms with Crippen LogP contribution in [0.1, 0.15) is 60.0 Å². The van der Waals surface area contributed by atoms with Gasteiger partial charge in [-0.1, -0.05) is 25.1 Å². The second-order valence-corrected chi connectivity index (χ2v) is 7.85. The smallest absolute Gasteiger partial charge is 0.110 e. The normalized spacial score (nSPS) is 20.4. The molecule has 1 aliphatic rings. The third kappa shape index (κ3) is 3.12. The Bertz CT molecular complexity index is 872. The number of rotatable bonds is 4. The maximum Gasteiger partial charge on any atom is 0.110 e. The van der Waals surface area contributed by atoms with E-state index in [2.05, 4.69) is 54.7 Å². The highest BCUT2D eigenvalue weighted by molar-refractivity contribution is 7.10. The summed E-state index contributed by atoms with van der Waals surface area (Å²) >= 11 is 1.73. The van der Waals surface area contributed by atoms with Gasteiger partial charge < -0.3 is 5.32 Å². The Morgan fingerprint density at radius 2 is 2.00 bits per heavy atom. The Morgan fingerprint density at radius 3 is 2.80 bits per heavy atom. The summed E-state index contributed by atoms with van der Waals surface area (Å²) in [6.45, 7) is 6.78. The fourth-order valence-electron chi connectivity index (χ4n) is 3.95. The van der Waals surface area contributed by atoms with Crippen molar-refractivity contribution in [2.24, 2.45) is 0 Å². The summed E-state index contributed by atoms with van der Waals surface area (Å²) in [5.74, 6) is 0.615. The monoisotopic (exact) mass is 349 g/mol. The molecule has 0 unspecified atom stereocenters. The predicted octanol–water partition coefficient (Wildman–Crippen LogP) is 5.41. The van der Waals surface area contributed by atoms with Crippen molar-refractivity contribution in [1.29, 1.82) is 0 Å². The molecule has 0 saturated carbocycles. The molecule has 0 amide bonds. The van der Waals surface area contributed by atoms with Crippen molar-refractivity contribution in [3.8, 4) is 11.3 Å². The second kappa shape index (κ2) is 6.70. The maximum atomic E-state index is 4.84. The number of aromatic nitrogens is 2. The molecular weight excluding hydrogens is 326 g/mol. The van der Waals surface area contributed by atoms with Gasteiger partial charge in [0.1, 0.15) is 5.01 Å². The zero-order valence-corrected chi connectivity index (χ0v) is 15.7. The minimum Gasteiger partial charge on any atom is -0.301 e. The second-order valence-electron chi connectivity index (χ2n) is 6.96. The number of benzene rings is 1. The van der Waals surface area contributed by atoms with E-state index in [0.29, 0.717) is 12.0 Å². The van der Waals surface area contributed by atoms with E-state index >= 15 is 0 Å². The van der Waals surface area contributed by atoms with Gasteiger partial charge in [0, 0.05) is 29.4 Å². The lowest BCUT2D eigenvalue weighted by Gasteiger charge is -2.19. The summed E-state index contributed by atoms with van der Waals surface area (Å²) < 4.78 is 0. The quantitative estimate of drug-likeness (QED) is 0.684. The molecule has 4 heteroatoms. The number of fused-ring (bicyclic) bond motifs is 1. The summed E-state index contributed by atoms with van der Waals surface area (Å²) in [5, 5.41) is 7.09. The fraction of sp³-hybridized carbons (Fsp3) is 0.333. The molecule has 128 valence electrons. The molecule has 0 aliphatic heterocycles. The van der Waals surface area contributed by atoms with Crippen LogP contribution in [0.4, 0.5) is 0 Å². The fourth-order valence-corrected chi connectivity index (χ4v) is 4.80. The van der Waals surface area contributed by atoms with Crippen molar-refractivity contribution in [3.63, 3.8) is 0 Å². The first kappa shape index (κ1) is 16.4. The van der Waals surface area contributed by atoms with Crippen LogP contribution in [0.25, 0.3) is 11.3 Å². The minimum atomic E-state index is 0.240. The lowest BCUT2D eigenvalue weighted by atomic mass is 9.98. The number of nitrogens with one attached hydrogen (secondary N) is 1. The number of pyridine rings is 1. The van der Waals surface area contributed by atoms with Crippen molar-refractivity contribution in [1.82, 2.24) is 15.3 Å². The Morgan fingerprint density at radius 1 is 1.20 bits per heavy atom. The lowest BCUT2D eigenvalue weighted by Crippen LogP contribution is -2.23. The van der Waals surface area contributed by atoms with Crippen LogP contribution in [0.5, 0.6) is 0 Å². The van der Waals surface area contributed by atoms with Gasteiger partial charge in [0.15, 0.2) is 0 Å². The van der Waals surface area contributed by atoms with Crippen LogP contribution in [-0.4, -0.2) is 9.97 Å². The first-order valence-corrected chi connectivity index (χ1v) is 9.72. The first-order valence-electron chi connectivity index (χ1n) is 8.84. The molecule has 0 radical (unpaired) electrons. The SMILES string of the molecule is Cc1cccc2c1[C@H](C)C[C@@H]2N[C@H](C)c1nc(-c2ccncc2)cs1. The van der Waals surface area contributed by atoms with Crippen LogP contribution in [-0.2, 0) is 0 Å². The molecule has 2 aromatic heterocycles. The van der Waals surface area contributed by atoms with E-state index < -0.39 is 0 Å². The van der Waals surface area contributed by atoms with E-state index in [1.807, 2.05) is 24.5 Å². The third-order valence-electron chi connectivity index (χ3n) is 5.13. The molecule has 3 atom stereocenters. The Labute approximate surface area is 153 Å². The van der Waals surface area contributed by atoms with E-state index in [1.54, 1.807) is 11.3 Å². The molecule has 1 aliphatic carbocycles. The first-order chi connectivity index (χ1) is 12.1. The molecule has 4 rings (SSSR count). The van der Waals surface area contributed by atoms with E-state index in [0.717, 1.165) is 22.7 Å². The Balaban J connectivity index is 1.53. The van der Waals surface area contributed by atoms with Crippen LogP contribution < -0.4 is 5.32 Å². The van der Waals surface area contributed by atoms with Gasteiger partial charge in [0.2, 0.25) is 0 Å². The molecule has 0 bridgehead atoms. The molecule has 0 saturated heterocycles. The molecule has 3 nitrogen and oxygen atoms in total. The molecule has 0 spiro atoms. The number of hydrogen-bond acceptors (Lipinski definition) is 4. The number of hydrogen-bond donors (Lipinski definition) is 1. The van der Waals surface area contributed by atoms with Gasteiger partial charge in [-0.25, -0.2) is 4.98 Å². The van der Waals surface area contributed by atoms with Crippen LogP contribution in [0.3, 0.4) is 0 Å². The van der Waals surface area contributed by atoms with E-state index in [1.165, 1.54) is 16.7 Å². The van der Waals surface area contributed by atoms with Gasteiger partial charge in [0.05, 0.1) is 11.7 Å². The van der Waals surface area contributed by atoms with E-state index in [4.69, 9.17) is 4.98 Å². The molecule has 3 aromatic rings. The molecular formula is C21H23N3S. The summed E-state index contributed by atoms with van der Waals surface area (Å²) in [5.41, 5.74) is 6.57. The summed E-state index contributed by atoms with van der Waals surface area (Å²) in [4.78, 5) is 8.92. The maximum absolute atomic E-state index is 4.84. The predicted molar refractivity (Wildman–Crippen MR) is 104 cm³/mol. The third-order valence-corrected chi connectivity index (χ3v) is 6.16. The minimum absolute atomic E-state index is 0.240. The van der Waals surface area contributed by atoms with Gasteiger partial charge in [-0.2, -0.15) is 0 Å². The summed E-state index contributed by atoms with van der Waals surface area (Å²) in [6.07, 6.45) is 4.79. The number of nitrogens with zero attached hydrogens (tertiary/aromatic N) is 2. The summed E-state index contributed by atoms with van der Waals surface area (Å²) in [6, 6.07) is 11.3. The van der Waals surface area contributed by atoms with E-state index in [9.17, 15) is 0 Å². The zero-order valence-electron chi connectivity index (χ0n) is 14.9. The van der Waals surface area contributed by atoms with Crippen molar-refractivity contribution in [3.05, 3.63) is 69.8 Å². The standard InChI is InChI=1S/C21H23N3S/c1-13-5-4-6-17-18(11-14(2)20(13)17)23-15(3)21-24-19(12-25-21)16-7-9-22-10-8-16/h4-10,12,14-15,18,23H,11H2,1-3H3/t14-,15-,18+/m1/s1. The van der Waals surface area contributed by atoms with Crippen molar-refractivity contribution in [2.75, 3.05) is 0 Å². The largest absolute Gasteiger partial charge is 0.301 e. The van der Waals surface area contributed by atoms with Gasteiger partial charge in [-0.15, -0.1) is 11.3 Å². The zero-order chi connectivity index (χ0) is 17.4. The van der Waals surface area contributed by atoms with Crippen molar-refractivity contribution >= 4 is 11.3 Å². The Kier molecular flexibility index (Phi) is 4.40. The molecule has 1 N–H and O–H groups in total. The molecule has 2 heterocycles. The van der Waals surface area contributed by atoms with Crippen molar-refractivity contribution < 1.29 is 0 Å². The van der Waals surface area contributed by atoms with Crippen LogP contribution in [0.15, 0.2) is 48.1 Å². The van der Waals surface area contributed by atoms with Crippen LogP contribution >= 0.6 is 11.3 Å². The Hall–Kier alpha value is -2.04. The van der Waals surface area contributed by atoms with Gasteiger partial charge in [-0.3, -0.25) is 4.98 Å². The van der Waals surface area contributed by atoms with Gasteiger partial charge in [-0.05, 0) is 55.0 Å². The topological polar surface area (TPSA) is 37.8 Å². The highest BCUT2D eigenvalue weighted by Gasteiger charge is 2.30. The average Bonchev–Trinajstić information content (AvgIpc) is 3.22. The average molecular weight is 350 g/mol. The summed E-state index contributed by atoms with van der Waals surface area (Å²) in [7, 11) is 0. The molecule has 1 aromatic carbocycles. The highest BCUT2D eigenvalue weighted by atomic mass is 32.1. The van der Waals surface area contributed by atoms with Gasteiger partial charge in [0.25, 0.3) is 0 Å². The highest BCUT2D eigenvalue weighted by Crippen LogP contribution is 2.42. The molecule has 25 heavy (non-hydrogen) atoms. The van der Waals surface area contributed by atoms with Crippen LogP contribution in [0.2, 0.25) is 0 Å². The van der Waals surface area contributed by atoms with Gasteiger partial charge >= 0.3 is 0 Å². The van der Waals surface area contributed by atoms with Crippen molar-refractivity contribution in [2.45, 2.75) is 45.2 Å². The molecule has 0 fully saturated rings. The lowest BCUT2D eigenvalue weighted by molar-refractivity contribution is 0.449. The van der Waals surface area contributed by atoms with E-state index in [-0.39, 0.29) is 6.04 Å². The van der Waals surface area contributed by atoms with Crippen LogP contribution in [0, 0.1) is 6.92 Å². The number of aryl methyl sites for hydroxylation is 1. The number of thiazole rings is 1.